The van der Waals surface area contributed by atoms with Crippen LogP contribution >= 0.6 is 11.8 Å². The van der Waals surface area contributed by atoms with Crippen molar-refractivity contribution in [2.45, 2.75) is 49.9 Å². The first kappa shape index (κ1) is 18.1. The molecule has 3 heterocycles. The first-order chi connectivity index (χ1) is 12.9. The summed E-state index contributed by atoms with van der Waals surface area (Å²) in [4.78, 5) is 26.0. The maximum absolute atomic E-state index is 14.4. The Hall–Kier alpha value is -2.26. The Balaban J connectivity index is 2.02. The average molecular weight is 389 g/mol. The molecule has 0 aromatic carbocycles. The minimum atomic E-state index is -1.24. The number of fused-ring (bicyclic) bond motifs is 1. The molecule has 0 saturated heterocycles. The van der Waals surface area contributed by atoms with Crippen LogP contribution in [0, 0.1) is 5.82 Å². The number of hydrogen-bond acceptors (Lipinski definition) is 6. The van der Waals surface area contributed by atoms with Gasteiger partial charge in [0.15, 0.2) is 16.6 Å². The van der Waals surface area contributed by atoms with E-state index in [0.29, 0.717) is 34.8 Å². The lowest BCUT2D eigenvalue weighted by atomic mass is 9.77. The molecule has 4 rings (SSSR count). The van der Waals surface area contributed by atoms with E-state index in [2.05, 4.69) is 15.0 Å². The number of pyridine rings is 1. The topological polar surface area (TPSA) is 85.8 Å². The summed E-state index contributed by atoms with van der Waals surface area (Å²) in [5, 5.41) is 11.5. The molecule has 0 bridgehead atoms. The standard InChI is InChI=1S/C18H20FN5O2S/c1-10(2)23-16(25)11-9-20-17(27-3)22-15(11)24(23)13-6-5-12(19)14(21-13)18(26)7-4-8-18/h5-6,9-10,26H,4,7-8H2,1-3H3. The smallest absolute Gasteiger partial charge is 0.278 e. The third kappa shape index (κ3) is 2.76. The normalized spacial score (nSPS) is 16.1. The van der Waals surface area contributed by atoms with Crippen molar-refractivity contribution in [2.24, 2.45) is 0 Å². The molecule has 27 heavy (non-hydrogen) atoms. The van der Waals surface area contributed by atoms with Gasteiger partial charge in [0.25, 0.3) is 5.56 Å². The van der Waals surface area contributed by atoms with Gasteiger partial charge in [0.1, 0.15) is 22.5 Å². The van der Waals surface area contributed by atoms with Gasteiger partial charge in [0.2, 0.25) is 0 Å². The number of aromatic nitrogens is 5. The fourth-order valence-corrected chi connectivity index (χ4v) is 3.73. The van der Waals surface area contributed by atoms with Crippen molar-refractivity contribution >= 4 is 22.8 Å². The highest BCUT2D eigenvalue weighted by Gasteiger charge is 2.40. The van der Waals surface area contributed by atoms with Gasteiger partial charge in [-0.1, -0.05) is 11.8 Å². The average Bonchev–Trinajstić information content (AvgIpc) is 2.92. The Labute approximate surface area is 159 Å². The van der Waals surface area contributed by atoms with E-state index >= 15 is 0 Å². The lowest BCUT2D eigenvalue weighted by molar-refractivity contribution is -0.0457. The first-order valence-corrected chi connectivity index (χ1v) is 10.0. The summed E-state index contributed by atoms with van der Waals surface area (Å²) < 4.78 is 17.5. The Morgan fingerprint density at radius 1 is 1.30 bits per heavy atom. The quantitative estimate of drug-likeness (QED) is 0.545. The maximum Gasteiger partial charge on any atom is 0.278 e. The van der Waals surface area contributed by atoms with Gasteiger partial charge in [0, 0.05) is 12.2 Å². The van der Waals surface area contributed by atoms with Crippen LogP contribution in [0.1, 0.15) is 44.8 Å². The molecule has 0 radical (unpaired) electrons. The molecule has 142 valence electrons. The Morgan fingerprint density at radius 3 is 2.63 bits per heavy atom. The summed E-state index contributed by atoms with van der Waals surface area (Å²) in [5.41, 5.74) is -1.04. The molecule has 9 heteroatoms. The third-order valence-corrected chi connectivity index (χ3v) is 5.50. The number of nitrogens with zero attached hydrogens (tertiary/aromatic N) is 5. The Morgan fingerprint density at radius 2 is 2.04 bits per heavy atom. The minimum absolute atomic E-state index is 0.0231. The molecule has 1 aliphatic rings. The monoisotopic (exact) mass is 389 g/mol. The van der Waals surface area contributed by atoms with Crippen LogP contribution in [0.5, 0.6) is 0 Å². The van der Waals surface area contributed by atoms with Crippen LogP contribution in [-0.2, 0) is 5.60 Å². The molecular weight excluding hydrogens is 369 g/mol. The van der Waals surface area contributed by atoms with E-state index < -0.39 is 11.4 Å². The van der Waals surface area contributed by atoms with Crippen LogP contribution in [0.25, 0.3) is 16.9 Å². The lowest BCUT2D eigenvalue weighted by Gasteiger charge is -2.36. The SMILES string of the molecule is CSc1ncc2c(=O)n(C(C)C)n(-c3ccc(F)c(C4(O)CCC4)n3)c2n1. The molecular formula is C18H20FN5O2S. The Bertz CT molecular complexity index is 1090. The molecule has 1 fully saturated rings. The van der Waals surface area contributed by atoms with Gasteiger partial charge >= 0.3 is 0 Å². The van der Waals surface area contributed by atoms with Crippen molar-refractivity contribution < 1.29 is 9.50 Å². The first-order valence-electron chi connectivity index (χ1n) is 8.80. The molecule has 1 saturated carbocycles. The van der Waals surface area contributed by atoms with E-state index in [9.17, 15) is 14.3 Å². The van der Waals surface area contributed by atoms with E-state index in [4.69, 9.17) is 0 Å². The summed E-state index contributed by atoms with van der Waals surface area (Å²) in [5.74, 6) is -0.200. The van der Waals surface area contributed by atoms with Crippen molar-refractivity contribution in [1.82, 2.24) is 24.3 Å². The van der Waals surface area contributed by atoms with Crippen LogP contribution in [0.15, 0.2) is 28.3 Å². The second-order valence-electron chi connectivity index (χ2n) is 7.03. The second kappa shape index (κ2) is 6.42. The third-order valence-electron chi connectivity index (χ3n) is 4.94. The molecule has 0 amide bonds. The van der Waals surface area contributed by atoms with E-state index in [1.54, 1.807) is 4.68 Å². The lowest BCUT2D eigenvalue weighted by Crippen LogP contribution is -2.36. The molecule has 0 atom stereocenters. The van der Waals surface area contributed by atoms with E-state index in [1.807, 2.05) is 20.1 Å². The number of aliphatic hydroxyl groups is 1. The predicted molar refractivity (Wildman–Crippen MR) is 101 cm³/mol. The summed E-state index contributed by atoms with van der Waals surface area (Å²) in [6, 6.07) is 2.61. The van der Waals surface area contributed by atoms with E-state index in [-0.39, 0.29) is 17.3 Å². The molecule has 3 aromatic rings. The summed E-state index contributed by atoms with van der Waals surface area (Å²) in [7, 11) is 0. The van der Waals surface area contributed by atoms with Gasteiger partial charge in [-0.2, -0.15) is 0 Å². The van der Waals surface area contributed by atoms with E-state index in [1.165, 1.54) is 34.8 Å². The van der Waals surface area contributed by atoms with Gasteiger partial charge in [-0.05, 0) is 51.5 Å². The number of hydrogen-bond donors (Lipinski definition) is 1. The molecule has 1 N–H and O–H groups in total. The second-order valence-corrected chi connectivity index (χ2v) is 7.81. The fourth-order valence-electron chi connectivity index (χ4n) is 3.39. The summed E-state index contributed by atoms with van der Waals surface area (Å²) >= 11 is 1.37. The van der Waals surface area contributed by atoms with Gasteiger partial charge in [0.05, 0.1) is 0 Å². The Kier molecular flexibility index (Phi) is 4.31. The zero-order valence-corrected chi connectivity index (χ0v) is 16.1. The van der Waals surface area contributed by atoms with Crippen molar-refractivity contribution in [3.05, 3.63) is 40.2 Å². The fraction of sp³-hybridized carbons (Fsp3) is 0.444. The van der Waals surface area contributed by atoms with Crippen molar-refractivity contribution in [1.29, 1.82) is 0 Å². The van der Waals surface area contributed by atoms with E-state index in [0.717, 1.165) is 6.42 Å². The van der Waals surface area contributed by atoms with Gasteiger partial charge < -0.3 is 5.11 Å². The molecule has 0 aliphatic heterocycles. The minimum Gasteiger partial charge on any atom is -0.383 e. The maximum atomic E-state index is 14.4. The molecule has 3 aromatic heterocycles. The molecule has 0 spiro atoms. The molecule has 1 aliphatic carbocycles. The van der Waals surface area contributed by atoms with Crippen LogP contribution in [-0.4, -0.2) is 35.7 Å². The molecule has 7 nitrogen and oxygen atoms in total. The summed E-state index contributed by atoms with van der Waals surface area (Å²) in [6.07, 6.45) is 5.14. The number of halogens is 1. The number of thioether (sulfide) groups is 1. The highest BCUT2D eigenvalue weighted by atomic mass is 32.2. The van der Waals surface area contributed by atoms with Gasteiger partial charge in [-0.3, -0.25) is 4.79 Å². The van der Waals surface area contributed by atoms with Crippen LogP contribution in [0.3, 0.4) is 0 Å². The van der Waals surface area contributed by atoms with Crippen molar-refractivity contribution in [2.75, 3.05) is 6.26 Å². The predicted octanol–water partition coefficient (Wildman–Crippen LogP) is 2.79. The highest BCUT2D eigenvalue weighted by Crippen LogP contribution is 2.41. The highest BCUT2D eigenvalue weighted by molar-refractivity contribution is 7.98. The van der Waals surface area contributed by atoms with Gasteiger partial charge in [-0.25, -0.2) is 28.7 Å². The number of rotatable bonds is 4. The van der Waals surface area contributed by atoms with Crippen LogP contribution in [0.2, 0.25) is 0 Å². The molecule has 0 unspecified atom stereocenters. The van der Waals surface area contributed by atoms with Gasteiger partial charge in [-0.15, -0.1) is 0 Å². The van der Waals surface area contributed by atoms with Crippen LogP contribution in [0.4, 0.5) is 4.39 Å². The zero-order chi connectivity index (χ0) is 19.3. The van der Waals surface area contributed by atoms with Crippen molar-refractivity contribution in [3.63, 3.8) is 0 Å². The zero-order valence-electron chi connectivity index (χ0n) is 15.3. The largest absolute Gasteiger partial charge is 0.383 e. The summed E-state index contributed by atoms with van der Waals surface area (Å²) in [6.45, 7) is 3.76. The van der Waals surface area contributed by atoms with Crippen LogP contribution < -0.4 is 5.56 Å². The van der Waals surface area contributed by atoms with Crippen molar-refractivity contribution in [3.8, 4) is 5.82 Å².